The van der Waals surface area contributed by atoms with Crippen molar-refractivity contribution in [2.45, 2.75) is 32.6 Å². The molecule has 1 aliphatic heterocycles. The largest absolute Gasteiger partial charge is 0.497 e. The van der Waals surface area contributed by atoms with Gasteiger partial charge in [0.05, 0.1) is 7.11 Å². The predicted molar refractivity (Wildman–Crippen MR) is 133 cm³/mol. The Balaban J connectivity index is 1.54. The molecule has 0 aromatic heterocycles. The smallest absolute Gasteiger partial charge is 0.231 e. The minimum absolute atomic E-state index is 0.0211. The lowest BCUT2D eigenvalue weighted by molar-refractivity contribution is -0.112. The predicted octanol–water partition coefficient (Wildman–Crippen LogP) is 5.86. The van der Waals surface area contributed by atoms with E-state index in [0.29, 0.717) is 30.1 Å². The second-order valence-electron chi connectivity index (χ2n) is 8.60. The second kappa shape index (κ2) is 9.18. The highest BCUT2D eigenvalue weighted by Gasteiger charge is 2.41. The van der Waals surface area contributed by atoms with E-state index in [1.807, 2.05) is 62.4 Å². The highest BCUT2D eigenvalue weighted by Crippen LogP contribution is 2.49. The fourth-order valence-corrected chi connectivity index (χ4v) is 5.70. The van der Waals surface area contributed by atoms with Crippen LogP contribution in [-0.2, 0) is 9.59 Å². The van der Waals surface area contributed by atoms with Crippen molar-refractivity contribution >= 4 is 28.7 Å². The van der Waals surface area contributed by atoms with Gasteiger partial charge in [0, 0.05) is 22.6 Å². The first kappa shape index (κ1) is 22.5. The molecule has 0 bridgehead atoms. The number of Topliss-reactive ketones (excluding diaryl/α,β-unsaturated/α-hetero) is 1. The van der Waals surface area contributed by atoms with Gasteiger partial charge in [0.15, 0.2) is 17.3 Å². The number of hydrogen-bond donors (Lipinski definition) is 0. The lowest BCUT2D eigenvalue weighted by Gasteiger charge is -2.28. The SMILES string of the molecule is CCSC(=O)C1=C(C)CC2=C(C(=O)C(=Cc3ccc4c(c3)OCO4)C2)C1c1ccc(OC)cc1. The molecule has 0 spiro atoms. The van der Waals surface area contributed by atoms with E-state index in [-0.39, 0.29) is 23.6 Å². The molecule has 0 radical (unpaired) electrons. The summed E-state index contributed by atoms with van der Waals surface area (Å²) in [5.41, 5.74) is 6.22. The van der Waals surface area contributed by atoms with Crippen LogP contribution in [0, 0.1) is 0 Å². The lowest BCUT2D eigenvalue weighted by Crippen LogP contribution is -2.21. The van der Waals surface area contributed by atoms with E-state index in [1.165, 1.54) is 11.8 Å². The Labute approximate surface area is 203 Å². The molecule has 1 heterocycles. The first-order valence-corrected chi connectivity index (χ1v) is 12.4. The van der Waals surface area contributed by atoms with Gasteiger partial charge in [-0.2, -0.15) is 0 Å². The third-order valence-corrected chi connectivity index (χ3v) is 7.29. The maximum atomic E-state index is 13.8. The summed E-state index contributed by atoms with van der Waals surface area (Å²) in [6.07, 6.45) is 3.18. The fraction of sp³-hybridized carbons (Fsp3) is 0.286. The van der Waals surface area contributed by atoms with Crippen molar-refractivity contribution in [2.24, 2.45) is 0 Å². The van der Waals surface area contributed by atoms with Crippen LogP contribution < -0.4 is 14.2 Å². The van der Waals surface area contributed by atoms with Gasteiger partial charge in [0.1, 0.15) is 5.75 Å². The Bertz CT molecular complexity index is 1270. The highest BCUT2D eigenvalue weighted by atomic mass is 32.2. The van der Waals surface area contributed by atoms with E-state index in [1.54, 1.807) is 7.11 Å². The van der Waals surface area contributed by atoms with Crippen LogP contribution in [0.15, 0.2) is 70.3 Å². The van der Waals surface area contributed by atoms with Gasteiger partial charge in [-0.05, 0) is 67.0 Å². The zero-order valence-electron chi connectivity index (χ0n) is 19.5. The number of thioether (sulfide) groups is 1. The van der Waals surface area contributed by atoms with Gasteiger partial charge in [-0.1, -0.05) is 48.0 Å². The summed E-state index contributed by atoms with van der Waals surface area (Å²) in [7, 11) is 1.63. The lowest BCUT2D eigenvalue weighted by atomic mass is 9.76. The Morgan fingerprint density at radius 2 is 1.88 bits per heavy atom. The second-order valence-corrected chi connectivity index (χ2v) is 9.84. The number of hydrogen-bond acceptors (Lipinski definition) is 6. The Morgan fingerprint density at radius 1 is 1.12 bits per heavy atom. The molecule has 0 N–H and O–H groups in total. The summed E-state index contributed by atoms with van der Waals surface area (Å²) in [5.74, 6) is 2.50. The Morgan fingerprint density at radius 3 is 2.62 bits per heavy atom. The van der Waals surface area contributed by atoms with Crippen molar-refractivity contribution < 1.29 is 23.8 Å². The van der Waals surface area contributed by atoms with Gasteiger partial charge < -0.3 is 14.2 Å². The maximum absolute atomic E-state index is 13.8. The van der Waals surface area contributed by atoms with Crippen LogP contribution in [-0.4, -0.2) is 30.6 Å². The van der Waals surface area contributed by atoms with Crippen molar-refractivity contribution in [1.29, 1.82) is 0 Å². The molecule has 0 saturated carbocycles. The number of carbonyl (C=O) groups excluding carboxylic acids is 2. The van der Waals surface area contributed by atoms with Crippen LogP contribution in [0.25, 0.3) is 6.08 Å². The van der Waals surface area contributed by atoms with Crippen LogP contribution in [0.3, 0.4) is 0 Å². The maximum Gasteiger partial charge on any atom is 0.231 e. The Kier molecular flexibility index (Phi) is 6.09. The standard InChI is InChI=1S/C28H26O5S/c1-4-34-28(30)24-16(2)11-19-14-20(12-17-5-10-22-23(13-17)33-15-32-22)27(29)26(19)25(24)18-6-8-21(31-3)9-7-18/h5-10,12-13,25H,4,11,14-15H2,1-3H3. The molecule has 174 valence electrons. The minimum atomic E-state index is -0.364. The van der Waals surface area contributed by atoms with Crippen molar-refractivity contribution in [1.82, 2.24) is 0 Å². The number of benzene rings is 2. The summed E-state index contributed by atoms with van der Waals surface area (Å²) >= 11 is 1.30. The molecule has 2 aromatic rings. The molecule has 0 saturated heterocycles. The van der Waals surface area contributed by atoms with E-state index in [4.69, 9.17) is 14.2 Å². The van der Waals surface area contributed by atoms with Gasteiger partial charge in [0.25, 0.3) is 0 Å². The normalized spacial score (nSPS) is 20.3. The average Bonchev–Trinajstić information content (AvgIpc) is 3.42. The van der Waals surface area contributed by atoms with Gasteiger partial charge in [-0.3, -0.25) is 9.59 Å². The number of fused-ring (bicyclic) bond motifs is 1. The number of allylic oxidation sites excluding steroid dienone is 4. The van der Waals surface area contributed by atoms with Crippen LogP contribution in [0.2, 0.25) is 0 Å². The molecular weight excluding hydrogens is 448 g/mol. The monoisotopic (exact) mass is 474 g/mol. The molecule has 0 amide bonds. The van der Waals surface area contributed by atoms with E-state index in [9.17, 15) is 9.59 Å². The van der Waals surface area contributed by atoms with Crippen LogP contribution in [0.1, 0.15) is 43.7 Å². The molecule has 0 fully saturated rings. The van der Waals surface area contributed by atoms with E-state index < -0.39 is 0 Å². The van der Waals surface area contributed by atoms with E-state index >= 15 is 0 Å². The van der Waals surface area contributed by atoms with Crippen molar-refractivity contribution in [3.63, 3.8) is 0 Å². The summed E-state index contributed by atoms with van der Waals surface area (Å²) in [6, 6.07) is 13.4. The average molecular weight is 475 g/mol. The zero-order valence-corrected chi connectivity index (χ0v) is 20.3. The fourth-order valence-electron chi connectivity index (χ4n) is 4.99. The van der Waals surface area contributed by atoms with Gasteiger partial charge in [-0.15, -0.1) is 0 Å². The summed E-state index contributed by atoms with van der Waals surface area (Å²) < 4.78 is 16.2. The summed E-state index contributed by atoms with van der Waals surface area (Å²) in [6.45, 7) is 4.21. The van der Waals surface area contributed by atoms with Crippen molar-refractivity contribution in [3.8, 4) is 17.2 Å². The highest BCUT2D eigenvalue weighted by molar-refractivity contribution is 8.14. The molecule has 34 heavy (non-hydrogen) atoms. The molecule has 2 aromatic carbocycles. The topological polar surface area (TPSA) is 61.8 Å². The minimum Gasteiger partial charge on any atom is -0.497 e. The summed E-state index contributed by atoms with van der Waals surface area (Å²) in [5, 5.41) is 0.0494. The van der Waals surface area contributed by atoms with Gasteiger partial charge in [0.2, 0.25) is 11.9 Å². The molecule has 2 aliphatic carbocycles. The number of ketones is 1. The molecule has 6 heteroatoms. The number of methoxy groups -OCH3 is 1. The molecule has 1 atom stereocenters. The molecule has 3 aliphatic rings. The third-order valence-electron chi connectivity index (χ3n) is 6.52. The molecule has 5 rings (SSSR count). The quantitative estimate of drug-likeness (QED) is 0.506. The first-order chi connectivity index (χ1) is 16.5. The summed E-state index contributed by atoms with van der Waals surface area (Å²) in [4.78, 5) is 27.0. The van der Waals surface area contributed by atoms with Crippen LogP contribution in [0.5, 0.6) is 17.2 Å². The third kappa shape index (κ3) is 3.96. The first-order valence-electron chi connectivity index (χ1n) is 11.4. The van der Waals surface area contributed by atoms with Crippen molar-refractivity contribution in [2.75, 3.05) is 19.7 Å². The van der Waals surface area contributed by atoms with Crippen LogP contribution in [0.4, 0.5) is 0 Å². The van der Waals surface area contributed by atoms with Crippen molar-refractivity contribution in [3.05, 3.63) is 81.5 Å². The van der Waals surface area contributed by atoms with E-state index in [2.05, 4.69) is 0 Å². The number of ether oxygens (including phenoxy) is 3. The van der Waals surface area contributed by atoms with Gasteiger partial charge in [-0.25, -0.2) is 0 Å². The number of rotatable bonds is 5. The van der Waals surface area contributed by atoms with Gasteiger partial charge >= 0.3 is 0 Å². The Hall–Kier alpha value is -3.25. The van der Waals surface area contributed by atoms with Crippen LogP contribution >= 0.6 is 11.8 Å². The molecular formula is C28H26O5S. The van der Waals surface area contributed by atoms with E-state index in [0.717, 1.165) is 44.7 Å². The zero-order chi connectivity index (χ0) is 23.8. The molecule has 5 nitrogen and oxygen atoms in total. The molecule has 1 unspecified atom stereocenters. The number of carbonyl (C=O) groups is 2.